The molecule has 0 bridgehead atoms. The molecule has 29 heavy (non-hydrogen) atoms. The highest BCUT2D eigenvalue weighted by molar-refractivity contribution is 6.21. The molecule has 1 aliphatic rings. The number of nitrogens with one attached hydrogen (secondary N) is 1. The molecule has 0 saturated heterocycles. The number of aromatic nitrogens is 4. The van der Waals surface area contributed by atoms with Crippen LogP contribution in [0.5, 0.6) is 0 Å². The maximum Gasteiger partial charge on any atom is 0.261 e. The Morgan fingerprint density at radius 3 is 2.07 bits per heavy atom. The minimum Gasteiger partial charge on any atom is -0.270 e. The summed E-state index contributed by atoms with van der Waals surface area (Å²) in [5.41, 5.74) is 4.25. The van der Waals surface area contributed by atoms with Crippen molar-refractivity contribution in [3.05, 3.63) is 89.5 Å². The summed E-state index contributed by atoms with van der Waals surface area (Å²) >= 11 is 0. The van der Waals surface area contributed by atoms with E-state index in [9.17, 15) is 9.59 Å². The number of aromatic amines is 1. The molecule has 0 atom stereocenters. The van der Waals surface area contributed by atoms with Crippen LogP contribution in [0.4, 0.5) is 0 Å². The second kappa shape index (κ2) is 6.79. The van der Waals surface area contributed by atoms with Crippen molar-refractivity contribution >= 4 is 11.8 Å². The molecule has 0 spiro atoms. The fourth-order valence-electron chi connectivity index (χ4n) is 3.68. The Bertz CT molecular complexity index is 1180. The summed E-state index contributed by atoms with van der Waals surface area (Å²) in [6, 6.07) is 22.4. The van der Waals surface area contributed by atoms with Gasteiger partial charge in [0.1, 0.15) is 0 Å². The summed E-state index contributed by atoms with van der Waals surface area (Å²) in [7, 11) is 0. The van der Waals surface area contributed by atoms with Gasteiger partial charge in [-0.1, -0.05) is 60.7 Å². The van der Waals surface area contributed by atoms with Gasteiger partial charge >= 0.3 is 0 Å². The van der Waals surface area contributed by atoms with E-state index in [4.69, 9.17) is 0 Å². The number of carbonyl (C=O) groups excluding carboxylic acids is 2. The number of hydrogen-bond donors (Lipinski definition) is 1. The van der Waals surface area contributed by atoms with Gasteiger partial charge in [-0.3, -0.25) is 14.5 Å². The Kier molecular flexibility index (Phi) is 3.98. The van der Waals surface area contributed by atoms with E-state index in [2.05, 4.69) is 20.6 Å². The van der Waals surface area contributed by atoms with Crippen molar-refractivity contribution < 1.29 is 9.59 Å². The van der Waals surface area contributed by atoms with Gasteiger partial charge in [0.05, 0.1) is 17.7 Å². The van der Waals surface area contributed by atoms with Gasteiger partial charge in [0.15, 0.2) is 0 Å². The van der Waals surface area contributed by atoms with Crippen LogP contribution >= 0.6 is 0 Å². The van der Waals surface area contributed by atoms with E-state index in [1.165, 1.54) is 4.90 Å². The van der Waals surface area contributed by atoms with Crippen LogP contribution in [0.1, 0.15) is 26.3 Å². The molecule has 7 heteroatoms. The zero-order chi connectivity index (χ0) is 19.8. The summed E-state index contributed by atoms with van der Waals surface area (Å²) in [6.45, 7) is 0.122. The van der Waals surface area contributed by atoms with Crippen molar-refractivity contribution in [3.63, 3.8) is 0 Å². The molecule has 4 aromatic rings. The van der Waals surface area contributed by atoms with E-state index >= 15 is 0 Å². The van der Waals surface area contributed by atoms with Crippen LogP contribution in [0, 0.1) is 0 Å². The third kappa shape index (κ3) is 2.80. The van der Waals surface area contributed by atoms with Crippen LogP contribution in [0.3, 0.4) is 0 Å². The molecule has 0 aliphatic carbocycles. The van der Waals surface area contributed by atoms with Crippen LogP contribution in [0.2, 0.25) is 0 Å². The standard InChI is InChI=1S/C22H15N5O2/c28-21-17-10-4-5-11-18(17)22(29)27(21)13-15-9-6-12-16(14-7-2-1-3-8-14)19(15)20-23-25-26-24-20/h1-12H,13H2,(H,23,24,25,26). The minimum atomic E-state index is -0.297. The van der Waals surface area contributed by atoms with Gasteiger partial charge in [-0.05, 0) is 34.0 Å². The lowest BCUT2D eigenvalue weighted by molar-refractivity contribution is 0.0642. The number of carbonyl (C=O) groups is 2. The van der Waals surface area contributed by atoms with Gasteiger partial charge in [-0.25, -0.2) is 0 Å². The number of hydrogen-bond acceptors (Lipinski definition) is 5. The third-order valence-electron chi connectivity index (χ3n) is 5.01. The zero-order valence-corrected chi connectivity index (χ0v) is 15.2. The second-order valence-corrected chi connectivity index (χ2v) is 6.68. The number of nitrogens with zero attached hydrogens (tertiary/aromatic N) is 4. The first-order valence-corrected chi connectivity index (χ1v) is 9.10. The van der Waals surface area contributed by atoms with Crippen molar-refractivity contribution in [2.24, 2.45) is 0 Å². The lowest BCUT2D eigenvalue weighted by Gasteiger charge is -2.18. The van der Waals surface area contributed by atoms with Gasteiger partial charge in [-0.2, -0.15) is 5.21 Å². The van der Waals surface area contributed by atoms with E-state index in [0.29, 0.717) is 17.0 Å². The monoisotopic (exact) mass is 381 g/mol. The highest BCUT2D eigenvalue weighted by Gasteiger charge is 2.35. The first-order chi connectivity index (χ1) is 14.2. The molecule has 2 amide bonds. The van der Waals surface area contributed by atoms with Gasteiger partial charge in [0.25, 0.3) is 11.8 Å². The van der Waals surface area contributed by atoms with Crippen LogP contribution in [-0.2, 0) is 6.54 Å². The van der Waals surface area contributed by atoms with E-state index in [0.717, 1.165) is 22.3 Å². The highest BCUT2D eigenvalue weighted by atomic mass is 16.2. The molecule has 0 radical (unpaired) electrons. The molecule has 2 heterocycles. The molecule has 7 nitrogen and oxygen atoms in total. The lowest BCUT2D eigenvalue weighted by Crippen LogP contribution is -2.29. The molecule has 3 aromatic carbocycles. The third-order valence-corrected chi connectivity index (χ3v) is 5.01. The smallest absolute Gasteiger partial charge is 0.261 e. The largest absolute Gasteiger partial charge is 0.270 e. The molecular weight excluding hydrogens is 366 g/mol. The Hall–Kier alpha value is -4.13. The summed E-state index contributed by atoms with van der Waals surface area (Å²) < 4.78 is 0. The Balaban J connectivity index is 1.62. The number of rotatable bonds is 4. The summed E-state index contributed by atoms with van der Waals surface area (Å²) in [5.74, 6) is -0.180. The maximum absolute atomic E-state index is 12.8. The SMILES string of the molecule is O=C1c2ccccc2C(=O)N1Cc1cccc(-c2ccccc2)c1-c1nn[nH]n1. The number of amides is 2. The predicted octanol–water partition coefficient (Wildman–Crippen LogP) is 3.33. The maximum atomic E-state index is 12.8. The van der Waals surface area contributed by atoms with Crippen molar-refractivity contribution in [2.45, 2.75) is 6.54 Å². The van der Waals surface area contributed by atoms with Gasteiger partial charge in [0, 0.05) is 5.56 Å². The molecule has 1 aromatic heterocycles. The second-order valence-electron chi connectivity index (χ2n) is 6.68. The van der Waals surface area contributed by atoms with E-state index in [1.54, 1.807) is 24.3 Å². The molecule has 0 unspecified atom stereocenters. The summed E-state index contributed by atoms with van der Waals surface area (Å²) in [6.07, 6.45) is 0. The fraction of sp³-hybridized carbons (Fsp3) is 0.0455. The van der Waals surface area contributed by atoms with Gasteiger partial charge in [0.2, 0.25) is 5.82 Å². The number of imide groups is 1. The Labute approximate surface area is 166 Å². The Morgan fingerprint density at radius 1 is 0.759 bits per heavy atom. The van der Waals surface area contributed by atoms with Crippen LogP contribution < -0.4 is 0 Å². The van der Waals surface area contributed by atoms with Crippen LogP contribution in [-0.4, -0.2) is 37.3 Å². The molecular formula is C22H15N5O2. The van der Waals surface area contributed by atoms with E-state index in [1.807, 2.05) is 48.5 Å². The average molecular weight is 381 g/mol. The highest BCUT2D eigenvalue weighted by Crippen LogP contribution is 2.34. The lowest BCUT2D eigenvalue weighted by atomic mass is 9.94. The number of H-pyrrole nitrogens is 1. The van der Waals surface area contributed by atoms with Crippen molar-refractivity contribution in [1.29, 1.82) is 0 Å². The minimum absolute atomic E-state index is 0.122. The van der Waals surface area contributed by atoms with Gasteiger partial charge < -0.3 is 0 Å². The fourth-order valence-corrected chi connectivity index (χ4v) is 3.68. The van der Waals surface area contributed by atoms with Crippen molar-refractivity contribution in [2.75, 3.05) is 0 Å². The van der Waals surface area contributed by atoms with Crippen molar-refractivity contribution in [3.8, 4) is 22.5 Å². The first-order valence-electron chi connectivity index (χ1n) is 9.10. The van der Waals surface area contributed by atoms with Crippen molar-refractivity contribution in [1.82, 2.24) is 25.5 Å². The number of benzene rings is 3. The zero-order valence-electron chi connectivity index (χ0n) is 15.2. The van der Waals surface area contributed by atoms with E-state index in [-0.39, 0.29) is 18.4 Å². The van der Waals surface area contributed by atoms with Gasteiger partial charge in [-0.15, -0.1) is 10.2 Å². The van der Waals surface area contributed by atoms with E-state index < -0.39 is 0 Å². The summed E-state index contributed by atoms with van der Waals surface area (Å²) in [4.78, 5) is 26.9. The van der Waals surface area contributed by atoms with Crippen LogP contribution in [0.25, 0.3) is 22.5 Å². The average Bonchev–Trinajstić information content (AvgIpc) is 3.38. The molecule has 5 rings (SSSR count). The number of tetrazole rings is 1. The Morgan fingerprint density at radius 2 is 1.41 bits per heavy atom. The molecule has 140 valence electrons. The number of fused-ring (bicyclic) bond motifs is 1. The normalized spacial score (nSPS) is 13.0. The predicted molar refractivity (Wildman–Crippen MR) is 106 cm³/mol. The topological polar surface area (TPSA) is 91.8 Å². The first kappa shape index (κ1) is 17.0. The molecule has 0 fully saturated rings. The van der Waals surface area contributed by atoms with Crippen LogP contribution in [0.15, 0.2) is 72.8 Å². The molecule has 1 aliphatic heterocycles. The molecule has 0 saturated carbocycles. The molecule has 1 N–H and O–H groups in total. The summed E-state index contributed by atoms with van der Waals surface area (Å²) in [5, 5.41) is 14.5. The quantitative estimate of drug-likeness (QED) is 0.548.